The third kappa shape index (κ3) is 2.19. The Labute approximate surface area is 156 Å². The average molecular weight is 360 g/mol. The molecule has 4 aliphatic rings. The van der Waals surface area contributed by atoms with Gasteiger partial charge in [-0.05, 0) is 55.3 Å². The van der Waals surface area contributed by atoms with Gasteiger partial charge < -0.3 is 15.3 Å². The standard InChI is InChI=1S/C21H32N2O3/c1-20-10-9-17(25)23(4)16(20)8-5-12-13-6-7-14(19(26)22-3)21(13,2)11-15(24)18(12)20/h8,12-15,18,24H,5-7,9-11H2,1-4H3,(H,22,26)/t12?,13?,14-,15+,18?,20+,21+/m1/s1. The summed E-state index contributed by atoms with van der Waals surface area (Å²) in [6, 6.07) is 0. The first-order valence-electron chi connectivity index (χ1n) is 10.1. The number of carbonyl (C=O) groups is 2. The molecular weight excluding hydrogens is 328 g/mol. The van der Waals surface area contributed by atoms with Crippen molar-refractivity contribution in [1.29, 1.82) is 0 Å². The van der Waals surface area contributed by atoms with Crippen molar-refractivity contribution in [3.8, 4) is 0 Å². The number of aliphatic hydroxyl groups is 1. The first-order valence-corrected chi connectivity index (χ1v) is 10.1. The Bertz CT molecular complexity index is 674. The molecule has 3 unspecified atom stereocenters. The summed E-state index contributed by atoms with van der Waals surface area (Å²) >= 11 is 0. The molecule has 0 aromatic heterocycles. The highest BCUT2D eigenvalue weighted by molar-refractivity contribution is 5.80. The Kier molecular flexibility index (Phi) is 4.03. The summed E-state index contributed by atoms with van der Waals surface area (Å²) in [6.07, 6.45) is 6.80. The molecule has 4 rings (SSSR count). The maximum absolute atomic E-state index is 12.5. The lowest BCUT2D eigenvalue weighted by molar-refractivity contribution is -0.151. The number of hydrogen-bond donors (Lipinski definition) is 2. The number of likely N-dealkylation sites (tertiary alicyclic amines) is 1. The van der Waals surface area contributed by atoms with E-state index in [1.165, 1.54) is 0 Å². The molecule has 2 amide bonds. The average Bonchev–Trinajstić information content (AvgIpc) is 2.94. The molecular formula is C21H32N2O3. The summed E-state index contributed by atoms with van der Waals surface area (Å²) in [6.45, 7) is 4.47. The molecule has 3 aliphatic carbocycles. The van der Waals surface area contributed by atoms with Crippen molar-refractivity contribution in [2.24, 2.45) is 34.5 Å². The second kappa shape index (κ2) is 5.82. The van der Waals surface area contributed by atoms with Crippen LogP contribution in [0.4, 0.5) is 0 Å². The van der Waals surface area contributed by atoms with Crippen LogP contribution >= 0.6 is 0 Å². The Morgan fingerprint density at radius 3 is 2.77 bits per heavy atom. The Morgan fingerprint density at radius 1 is 1.35 bits per heavy atom. The fourth-order valence-electron chi connectivity index (χ4n) is 7.32. The van der Waals surface area contributed by atoms with Gasteiger partial charge in [0.2, 0.25) is 11.8 Å². The largest absolute Gasteiger partial charge is 0.393 e. The molecule has 0 aromatic rings. The van der Waals surface area contributed by atoms with Crippen molar-refractivity contribution >= 4 is 11.8 Å². The number of rotatable bonds is 1. The number of nitrogens with one attached hydrogen (secondary N) is 1. The van der Waals surface area contributed by atoms with Crippen LogP contribution in [-0.4, -0.2) is 42.0 Å². The summed E-state index contributed by atoms with van der Waals surface area (Å²) < 4.78 is 0. The Balaban J connectivity index is 1.72. The van der Waals surface area contributed by atoms with E-state index in [0.29, 0.717) is 24.7 Å². The maximum atomic E-state index is 12.5. The number of allylic oxidation sites excluding steroid dienone is 2. The van der Waals surface area contributed by atoms with E-state index >= 15 is 0 Å². The lowest BCUT2D eigenvalue weighted by Crippen LogP contribution is -2.59. The summed E-state index contributed by atoms with van der Waals surface area (Å²) in [7, 11) is 3.59. The van der Waals surface area contributed by atoms with Crippen LogP contribution in [-0.2, 0) is 9.59 Å². The van der Waals surface area contributed by atoms with Gasteiger partial charge >= 0.3 is 0 Å². The van der Waals surface area contributed by atoms with E-state index in [1.54, 1.807) is 7.05 Å². The summed E-state index contributed by atoms with van der Waals surface area (Å²) in [5, 5.41) is 14.1. The van der Waals surface area contributed by atoms with E-state index in [-0.39, 0.29) is 34.5 Å². The fraction of sp³-hybridized carbons (Fsp3) is 0.810. The zero-order valence-electron chi connectivity index (χ0n) is 16.4. The Morgan fingerprint density at radius 2 is 2.08 bits per heavy atom. The van der Waals surface area contributed by atoms with Gasteiger partial charge in [-0.2, -0.15) is 0 Å². The second-order valence-electron chi connectivity index (χ2n) is 9.51. The van der Waals surface area contributed by atoms with E-state index in [9.17, 15) is 14.7 Å². The molecule has 7 atom stereocenters. The van der Waals surface area contributed by atoms with E-state index in [0.717, 1.165) is 31.4 Å². The summed E-state index contributed by atoms with van der Waals surface area (Å²) in [4.78, 5) is 26.5. The summed E-state index contributed by atoms with van der Waals surface area (Å²) in [5.74, 6) is 1.36. The second-order valence-corrected chi connectivity index (χ2v) is 9.51. The van der Waals surface area contributed by atoms with Gasteiger partial charge in [0.15, 0.2) is 0 Å². The third-order valence-electron chi connectivity index (χ3n) is 8.51. The molecule has 1 heterocycles. The smallest absolute Gasteiger partial charge is 0.226 e. The van der Waals surface area contributed by atoms with Crippen molar-refractivity contribution in [3.63, 3.8) is 0 Å². The highest BCUT2D eigenvalue weighted by atomic mass is 16.3. The minimum atomic E-state index is -0.415. The van der Waals surface area contributed by atoms with Crippen LogP contribution in [0, 0.1) is 34.5 Å². The molecule has 3 fully saturated rings. The van der Waals surface area contributed by atoms with Gasteiger partial charge in [0.05, 0.1) is 6.10 Å². The van der Waals surface area contributed by atoms with Crippen molar-refractivity contribution in [2.45, 2.75) is 58.5 Å². The van der Waals surface area contributed by atoms with Crippen LogP contribution in [0.2, 0.25) is 0 Å². The van der Waals surface area contributed by atoms with Crippen LogP contribution in [0.1, 0.15) is 52.4 Å². The number of amides is 2. The number of piperidine rings is 1. The van der Waals surface area contributed by atoms with Gasteiger partial charge in [-0.1, -0.05) is 19.9 Å². The number of fused-ring (bicyclic) bond motifs is 5. The van der Waals surface area contributed by atoms with Crippen LogP contribution < -0.4 is 5.32 Å². The zero-order valence-corrected chi connectivity index (χ0v) is 16.4. The van der Waals surface area contributed by atoms with Gasteiger partial charge in [-0.3, -0.25) is 9.59 Å². The first-order chi connectivity index (χ1) is 12.2. The van der Waals surface area contributed by atoms with Gasteiger partial charge in [-0.25, -0.2) is 0 Å². The lowest BCUT2D eigenvalue weighted by atomic mass is 9.48. The third-order valence-corrected chi connectivity index (χ3v) is 8.51. The number of nitrogens with zero attached hydrogens (tertiary/aromatic N) is 1. The van der Waals surface area contributed by atoms with E-state index in [1.807, 2.05) is 11.9 Å². The highest BCUT2D eigenvalue weighted by Gasteiger charge is 2.63. The SMILES string of the molecule is CNC(=O)[C@H]1CCC2C3CC=C4N(C)C(=O)CC[C@]4(C)C3[C@@H](O)C[C@@]21C. The van der Waals surface area contributed by atoms with Gasteiger partial charge in [-0.15, -0.1) is 0 Å². The predicted octanol–water partition coefficient (Wildman–Crippen LogP) is 2.31. The molecule has 0 radical (unpaired) electrons. The molecule has 5 heteroatoms. The van der Waals surface area contributed by atoms with Crippen molar-refractivity contribution in [2.75, 3.05) is 14.1 Å². The van der Waals surface area contributed by atoms with Crippen LogP contribution in [0.15, 0.2) is 11.8 Å². The fourth-order valence-corrected chi connectivity index (χ4v) is 7.32. The molecule has 0 spiro atoms. The molecule has 2 N–H and O–H groups in total. The lowest BCUT2D eigenvalue weighted by Gasteiger charge is -2.59. The van der Waals surface area contributed by atoms with E-state index in [2.05, 4.69) is 25.2 Å². The molecule has 1 aliphatic heterocycles. The minimum Gasteiger partial charge on any atom is -0.393 e. The normalized spacial score (nSPS) is 47.6. The molecule has 144 valence electrons. The molecule has 5 nitrogen and oxygen atoms in total. The van der Waals surface area contributed by atoms with Crippen molar-refractivity contribution in [3.05, 3.63) is 11.8 Å². The highest BCUT2D eigenvalue weighted by Crippen LogP contribution is 2.65. The number of carbonyl (C=O) groups excluding carboxylic acids is 2. The molecule has 26 heavy (non-hydrogen) atoms. The van der Waals surface area contributed by atoms with Crippen LogP contribution in [0.5, 0.6) is 0 Å². The van der Waals surface area contributed by atoms with Crippen LogP contribution in [0.25, 0.3) is 0 Å². The predicted molar refractivity (Wildman–Crippen MR) is 98.8 cm³/mol. The summed E-state index contributed by atoms with van der Waals surface area (Å²) in [5.41, 5.74) is 0.842. The quantitative estimate of drug-likeness (QED) is 0.754. The van der Waals surface area contributed by atoms with Crippen LogP contribution in [0.3, 0.4) is 0 Å². The van der Waals surface area contributed by atoms with Gasteiger partial charge in [0, 0.05) is 37.5 Å². The van der Waals surface area contributed by atoms with Crippen molar-refractivity contribution in [1.82, 2.24) is 10.2 Å². The topological polar surface area (TPSA) is 69.6 Å². The first kappa shape index (κ1) is 18.0. The minimum absolute atomic E-state index is 0.00175. The molecule has 0 aromatic carbocycles. The number of hydrogen-bond acceptors (Lipinski definition) is 3. The monoisotopic (exact) mass is 360 g/mol. The van der Waals surface area contributed by atoms with Gasteiger partial charge in [0.1, 0.15) is 0 Å². The van der Waals surface area contributed by atoms with E-state index < -0.39 is 6.10 Å². The molecule has 0 bridgehead atoms. The van der Waals surface area contributed by atoms with E-state index in [4.69, 9.17) is 0 Å². The molecule has 2 saturated carbocycles. The molecule has 1 saturated heterocycles. The number of aliphatic hydroxyl groups excluding tert-OH is 1. The van der Waals surface area contributed by atoms with Gasteiger partial charge in [0.25, 0.3) is 0 Å². The van der Waals surface area contributed by atoms with Crippen molar-refractivity contribution < 1.29 is 14.7 Å². The zero-order chi connectivity index (χ0) is 18.9. The Hall–Kier alpha value is -1.36. The maximum Gasteiger partial charge on any atom is 0.226 e.